The number of aromatic amines is 1. The van der Waals surface area contributed by atoms with Crippen LogP contribution >= 0.6 is 0 Å². The lowest BCUT2D eigenvalue weighted by Crippen LogP contribution is -2.34. The molecule has 6 heteroatoms. The minimum atomic E-state index is -0.227. The Balaban J connectivity index is 1.62. The molecule has 2 aromatic rings. The average Bonchev–Trinajstić information content (AvgIpc) is 2.90. The molecule has 1 aromatic heterocycles. The molecule has 1 saturated carbocycles. The molecular weight excluding hydrogens is 280 g/mol. The van der Waals surface area contributed by atoms with Crippen molar-refractivity contribution in [2.24, 2.45) is 5.73 Å². The molecule has 1 aromatic carbocycles. The number of amides is 1. The van der Waals surface area contributed by atoms with Gasteiger partial charge >= 0.3 is 0 Å². The molecule has 0 radical (unpaired) electrons. The lowest BCUT2D eigenvalue weighted by molar-refractivity contribution is -0.121. The van der Waals surface area contributed by atoms with E-state index in [-0.39, 0.29) is 30.0 Å². The van der Waals surface area contributed by atoms with Crippen LogP contribution in [0.15, 0.2) is 29.1 Å². The molecule has 0 saturated heterocycles. The maximum atomic E-state index is 12.0. The average molecular weight is 300 g/mol. The lowest BCUT2D eigenvalue weighted by atomic mass is 10.2. The number of aryl methyl sites for hydroxylation is 1. The number of hydrogen-bond donors (Lipinski definition) is 3. The summed E-state index contributed by atoms with van der Waals surface area (Å²) >= 11 is 0. The maximum Gasteiger partial charge on any atom is 0.270 e. The molecule has 6 nitrogen and oxygen atoms in total. The number of rotatable bonds is 4. The van der Waals surface area contributed by atoms with E-state index in [9.17, 15) is 9.59 Å². The fourth-order valence-electron chi connectivity index (χ4n) is 2.92. The molecule has 3 rings (SSSR count). The number of hydrogen-bond acceptors (Lipinski definition) is 4. The highest BCUT2D eigenvalue weighted by molar-refractivity contribution is 5.77. The van der Waals surface area contributed by atoms with Crippen LogP contribution < -0.4 is 16.6 Å². The van der Waals surface area contributed by atoms with E-state index in [4.69, 9.17) is 5.73 Å². The Morgan fingerprint density at radius 3 is 2.95 bits per heavy atom. The summed E-state index contributed by atoms with van der Waals surface area (Å²) in [5.41, 5.74) is 7.45. The van der Waals surface area contributed by atoms with Gasteiger partial charge in [-0.15, -0.1) is 0 Å². The van der Waals surface area contributed by atoms with E-state index in [0.717, 1.165) is 24.8 Å². The van der Waals surface area contributed by atoms with Crippen molar-refractivity contribution in [2.75, 3.05) is 0 Å². The minimum Gasteiger partial charge on any atom is -0.353 e. The van der Waals surface area contributed by atoms with Crippen molar-refractivity contribution in [2.45, 2.75) is 44.2 Å². The lowest BCUT2D eigenvalue weighted by Gasteiger charge is -2.12. The van der Waals surface area contributed by atoms with E-state index in [1.165, 1.54) is 0 Å². The Morgan fingerprint density at radius 1 is 1.36 bits per heavy atom. The second-order valence-electron chi connectivity index (χ2n) is 5.87. The molecule has 4 N–H and O–H groups in total. The number of para-hydroxylation sites is 2. The number of carbonyl (C=O) groups is 1. The van der Waals surface area contributed by atoms with Crippen LogP contribution in [-0.4, -0.2) is 28.0 Å². The number of fused-ring (bicyclic) bond motifs is 1. The van der Waals surface area contributed by atoms with Crippen molar-refractivity contribution in [3.63, 3.8) is 0 Å². The summed E-state index contributed by atoms with van der Waals surface area (Å²) < 4.78 is 0. The van der Waals surface area contributed by atoms with Crippen LogP contribution in [0.3, 0.4) is 0 Å². The summed E-state index contributed by atoms with van der Waals surface area (Å²) in [5.74, 6) is -0.0477. The van der Waals surface area contributed by atoms with Crippen LogP contribution in [-0.2, 0) is 11.2 Å². The predicted octanol–water partition coefficient (Wildman–Crippen LogP) is 0.852. The molecule has 0 aliphatic heterocycles. The standard InChI is InChI=1S/C16H20N4O2/c17-10-5-6-11(9-10)18-15(21)8-7-14-16(22)20-13-4-2-1-3-12(13)19-14/h1-4,10-11H,5-9,17H2,(H,18,21)(H,20,22)/t10-,11-/m1/s1. The van der Waals surface area contributed by atoms with Crippen molar-refractivity contribution in [1.82, 2.24) is 15.3 Å². The van der Waals surface area contributed by atoms with Crippen LogP contribution in [0.25, 0.3) is 11.0 Å². The number of aromatic nitrogens is 2. The van der Waals surface area contributed by atoms with Gasteiger partial charge in [-0.2, -0.15) is 0 Å². The first-order valence-corrected chi connectivity index (χ1v) is 7.64. The highest BCUT2D eigenvalue weighted by atomic mass is 16.1. The molecule has 1 aliphatic carbocycles. The van der Waals surface area contributed by atoms with Crippen LogP contribution in [0.5, 0.6) is 0 Å². The Kier molecular flexibility index (Phi) is 4.20. The molecule has 0 bridgehead atoms. The molecule has 1 heterocycles. The third-order valence-corrected chi connectivity index (χ3v) is 4.10. The Labute approximate surface area is 128 Å². The largest absolute Gasteiger partial charge is 0.353 e. The summed E-state index contributed by atoms with van der Waals surface area (Å²) in [6, 6.07) is 7.73. The van der Waals surface area contributed by atoms with Crippen molar-refractivity contribution < 1.29 is 4.79 Å². The van der Waals surface area contributed by atoms with E-state index in [1.807, 2.05) is 24.3 Å². The monoisotopic (exact) mass is 300 g/mol. The number of nitrogens with one attached hydrogen (secondary N) is 2. The molecule has 2 atom stereocenters. The molecular formula is C16H20N4O2. The number of nitrogens with two attached hydrogens (primary N) is 1. The van der Waals surface area contributed by atoms with Crippen molar-refractivity contribution in [3.05, 3.63) is 40.3 Å². The van der Waals surface area contributed by atoms with Gasteiger partial charge in [-0.05, 0) is 31.4 Å². The molecule has 22 heavy (non-hydrogen) atoms. The first kappa shape index (κ1) is 14.7. The summed E-state index contributed by atoms with van der Waals surface area (Å²) in [4.78, 5) is 31.1. The Bertz CT molecular complexity index is 740. The van der Waals surface area contributed by atoms with Gasteiger partial charge in [0.1, 0.15) is 5.69 Å². The summed E-state index contributed by atoms with van der Waals surface area (Å²) in [5, 5.41) is 2.98. The van der Waals surface area contributed by atoms with E-state index in [0.29, 0.717) is 17.6 Å². The van der Waals surface area contributed by atoms with Crippen LogP contribution in [0.4, 0.5) is 0 Å². The highest BCUT2D eigenvalue weighted by Gasteiger charge is 2.23. The van der Waals surface area contributed by atoms with Gasteiger partial charge in [0.25, 0.3) is 5.56 Å². The Morgan fingerprint density at radius 2 is 2.18 bits per heavy atom. The molecule has 116 valence electrons. The van der Waals surface area contributed by atoms with E-state index >= 15 is 0 Å². The normalized spacial score (nSPS) is 21.1. The molecule has 1 fully saturated rings. The van der Waals surface area contributed by atoms with Crippen LogP contribution in [0.2, 0.25) is 0 Å². The number of benzene rings is 1. The van der Waals surface area contributed by atoms with E-state index in [1.54, 1.807) is 0 Å². The second kappa shape index (κ2) is 6.27. The second-order valence-corrected chi connectivity index (χ2v) is 5.87. The van der Waals surface area contributed by atoms with Gasteiger partial charge in [0, 0.05) is 24.9 Å². The van der Waals surface area contributed by atoms with E-state index in [2.05, 4.69) is 15.3 Å². The third-order valence-electron chi connectivity index (χ3n) is 4.10. The van der Waals surface area contributed by atoms with Crippen LogP contribution in [0.1, 0.15) is 31.4 Å². The fraction of sp³-hybridized carbons (Fsp3) is 0.438. The third kappa shape index (κ3) is 3.33. The summed E-state index contributed by atoms with van der Waals surface area (Å²) in [6.07, 6.45) is 3.32. The predicted molar refractivity (Wildman–Crippen MR) is 84.4 cm³/mol. The van der Waals surface area contributed by atoms with Gasteiger partial charge in [-0.1, -0.05) is 12.1 Å². The fourth-order valence-corrected chi connectivity index (χ4v) is 2.92. The Hall–Kier alpha value is -2.21. The van der Waals surface area contributed by atoms with Crippen LogP contribution in [0, 0.1) is 0 Å². The molecule has 1 amide bonds. The van der Waals surface area contributed by atoms with Gasteiger partial charge < -0.3 is 16.0 Å². The minimum absolute atomic E-state index is 0.0477. The number of H-pyrrole nitrogens is 1. The number of nitrogens with zero attached hydrogens (tertiary/aromatic N) is 1. The first-order chi connectivity index (χ1) is 10.6. The van der Waals surface area contributed by atoms with Gasteiger partial charge in [0.05, 0.1) is 11.0 Å². The first-order valence-electron chi connectivity index (χ1n) is 7.64. The SMILES string of the molecule is N[C@@H]1CC[C@@H](NC(=O)CCc2nc3ccccc3[nH]c2=O)C1. The number of carbonyl (C=O) groups excluding carboxylic acids is 1. The van der Waals surface area contributed by atoms with Crippen molar-refractivity contribution >= 4 is 16.9 Å². The van der Waals surface area contributed by atoms with Gasteiger partial charge in [0.2, 0.25) is 5.91 Å². The van der Waals surface area contributed by atoms with Crippen molar-refractivity contribution in [1.29, 1.82) is 0 Å². The molecule has 0 unspecified atom stereocenters. The smallest absolute Gasteiger partial charge is 0.270 e. The zero-order valence-corrected chi connectivity index (χ0v) is 12.3. The topological polar surface area (TPSA) is 101 Å². The molecule has 0 spiro atoms. The molecule has 1 aliphatic rings. The van der Waals surface area contributed by atoms with Gasteiger partial charge in [-0.25, -0.2) is 4.98 Å². The zero-order chi connectivity index (χ0) is 15.5. The quantitative estimate of drug-likeness (QED) is 0.779. The maximum absolute atomic E-state index is 12.0. The summed E-state index contributed by atoms with van der Waals surface area (Å²) in [6.45, 7) is 0. The van der Waals surface area contributed by atoms with Gasteiger partial charge in [0.15, 0.2) is 0 Å². The highest BCUT2D eigenvalue weighted by Crippen LogP contribution is 2.17. The van der Waals surface area contributed by atoms with Gasteiger partial charge in [-0.3, -0.25) is 9.59 Å². The van der Waals surface area contributed by atoms with Crippen molar-refractivity contribution in [3.8, 4) is 0 Å². The summed E-state index contributed by atoms with van der Waals surface area (Å²) in [7, 11) is 0. The van der Waals surface area contributed by atoms with E-state index < -0.39 is 0 Å². The zero-order valence-electron chi connectivity index (χ0n) is 12.3.